The minimum absolute atomic E-state index is 0.606. The van der Waals surface area contributed by atoms with E-state index in [9.17, 15) is 0 Å². The van der Waals surface area contributed by atoms with E-state index in [-0.39, 0.29) is 0 Å². The first-order chi connectivity index (χ1) is 8.33. The third kappa shape index (κ3) is 2.25. The summed E-state index contributed by atoms with van der Waals surface area (Å²) in [5.41, 5.74) is 2.27. The lowest BCUT2D eigenvalue weighted by molar-refractivity contribution is 0.599. The van der Waals surface area contributed by atoms with Crippen LogP contribution in [0.5, 0.6) is 0 Å². The van der Waals surface area contributed by atoms with E-state index in [1.165, 1.54) is 22.6 Å². The van der Waals surface area contributed by atoms with Gasteiger partial charge >= 0.3 is 0 Å². The van der Waals surface area contributed by atoms with Gasteiger partial charge in [-0.1, -0.05) is 13.0 Å². The van der Waals surface area contributed by atoms with Crippen molar-refractivity contribution in [3.05, 3.63) is 36.5 Å². The van der Waals surface area contributed by atoms with Gasteiger partial charge < -0.3 is 5.32 Å². The third-order valence-electron chi connectivity index (χ3n) is 3.32. The first-order valence-corrected chi connectivity index (χ1v) is 7.17. The van der Waals surface area contributed by atoms with Crippen LogP contribution < -0.4 is 5.32 Å². The van der Waals surface area contributed by atoms with Crippen molar-refractivity contribution >= 4 is 28.4 Å². The van der Waals surface area contributed by atoms with Gasteiger partial charge in [0.15, 0.2) is 0 Å². The van der Waals surface area contributed by atoms with Gasteiger partial charge in [0, 0.05) is 29.1 Å². The number of anilines is 1. The van der Waals surface area contributed by atoms with Crippen LogP contribution in [0.1, 0.15) is 6.92 Å². The first-order valence-electron chi connectivity index (χ1n) is 6.02. The van der Waals surface area contributed by atoms with Crippen LogP contribution in [0.3, 0.4) is 0 Å². The van der Waals surface area contributed by atoms with Gasteiger partial charge in [0.1, 0.15) is 0 Å². The lowest BCUT2D eigenvalue weighted by Gasteiger charge is -2.18. The number of pyridine rings is 1. The molecule has 0 spiro atoms. The molecule has 3 heteroatoms. The summed E-state index contributed by atoms with van der Waals surface area (Å²) in [6.45, 7) is 2.32. The quantitative estimate of drug-likeness (QED) is 0.876. The highest BCUT2D eigenvalue weighted by Crippen LogP contribution is 2.27. The van der Waals surface area contributed by atoms with Crippen LogP contribution in [0.25, 0.3) is 10.9 Å². The normalized spacial score (nSPS) is 24.1. The highest BCUT2D eigenvalue weighted by Gasteiger charge is 2.23. The minimum atomic E-state index is 0.606. The summed E-state index contributed by atoms with van der Waals surface area (Å²) >= 11 is 2.04. The molecule has 17 heavy (non-hydrogen) atoms. The van der Waals surface area contributed by atoms with Gasteiger partial charge in [-0.3, -0.25) is 4.98 Å². The van der Waals surface area contributed by atoms with Crippen LogP contribution in [-0.2, 0) is 0 Å². The molecule has 0 bridgehead atoms. The van der Waals surface area contributed by atoms with Crippen LogP contribution in [0, 0.1) is 5.92 Å². The standard InChI is InChI=1S/C14H16N2S/c1-10-8-17-9-14(10)16-12-4-5-13-11(7-12)3-2-6-15-13/h2-7,10,14,16H,8-9H2,1H3. The predicted octanol–water partition coefficient (Wildman–Crippen LogP) is 3.40. The largest absolute Gasteiger partial charge is 0.381 e. The molecule has 2 heterocycles. The fraction of sp³-hybridized carbons (Fsp3) is 0.357. The van der Waals surface area contributed by atoms with E-state index in [0.717, 1.165) is 11.4 Å². The number of nitrogens with zero attached hydrogens (tertiary/aromatic N) is 1. The lowest BCUT2D eigenvalue weighted by Crippen LogP contribution is -2.25. The summed E-state index contributed by atoms with van der Waals surface area (Å²) in [7, 11) is 0. The van der Waals surface area contributed by atoms with Crippen LogP contribution in [0.15, 0.2) is 36.5 Å². The van der Waals surface area contributed by atoms with Crippen LogP contribution in [0.4, 0.5) is 5.69 Å². The lowest BCUT2D eigenvalue weighted by atomic mass is 10.1. The van der Waals surface area contributed by atoms with Gasteiger partial charge in [-0.25, -0.2) is 0 Å². The molecule has 2 aromatic rings. The maximum atomic E-state index is 4.34. The number of hydrogen-bond acceptors (Lipinski definition) is 3. The Morgan fingerprint density at radius 2 is 2.24 bits per heavy atom. The van der Waals surface area contributed by atoms with Gasteiger partial charge in [0.25, 0.3) is 0 Å². The Morgan fingerprint density at radius 1 is 1.29 bits per heavy atom. The zero-order valence-corrected chi connectivity index (χ0v) is 10.7. The highest BCUT2D eigenvalue weighted by molar-refractivity contribution is 7.99. The van der Waals surface area contributed by atoms with Gasteiger partial charge in [0.05, 0.1) is 5.52 Å². The first kappa shape index (κ1) is 10.9. The molecule has 2 unspecified atom stereocenters. The summed E-state index contributed by atoms with van der Waals surface area (Å²) < 4.78 is 0. The summed E-state index contributed by atoms with van der Waals surface area (Å²) in [4.78, 5) is 4.34. The Hall–Kier alpha value is -1.22. The molecule has 1 aromatic heterocycles. The van der Waals surface area contributed by atoms with E-state index < -0.39 is 0 Å². The summed E-state index contributed by atoms with van der Waals surface area (Å²) in [5, 5.41) is 4.84. The maximum absolute atomic E-state index is 4.34. The second kappa shape index (κ2) is 4.57. The van der Waals surface area contributed by atoms with Crippen molar-refractivity contribution in [2.24, 2.45) is 5.92 Å². The highest BCUT2D eigenvalue weighted by atomic mass is 32.2. The molecule has 1 N–H and O–H groups in total. The minimum Gasteiger partial charge on any atom is -0.381 e. The zero-order chi connectivity index (χ0) is 11.7. The molecular weight excluding hydrogens is 228 g/mol. The van der Waals surface area contributed by atoms with Crippen molar-refractivity contribution in [1.29, 1.82) is 0 Å². The van der Waals surface area contributed by atoms with E-state index >= 15 is 0 Å². The fourth-order valence-electron chi connectivity index (χ4n) is 2.22. The molecule has 1 aliphatic heterocycles. The maximum Gasteiger partial charge on any atom is 0.0703 e. The molecular formula is C14H16N2S. The van der Waals surface area contributed by atoms with E-state index in [1.54, 1.807) is 0 Å². The van der Waals surface area contributed by atoms with Crippen molar-refractivity contribution in [3.63, 3.8) is 0 Å². The average Bonchev–Trinajstić information content (AvgIpc) is 2.75. The molecule has 0 radical (unpaired) electrons. The topological polar surface area (TPSA) is 24.9 Å². The van der Waals surface area contributed by atoms with E-state index in [1.807, 2.05) is 24.0 Å². The number of hydrogen-bond donors (Lipinski definition) is 1. The summed E-state index contributed by atoms with van der Waals surface area (Å²) in [6.07, 6.45) is 1.84. The van der Waals surface area contributed by atoms with Gasteiger partial charge in [-0.05, 0) is 35.9 Å². The van der Waals surface area contributed by atoms with Crippen molar-refractivity contribution in [2.75, 3.05) is 16.8 Å². The van der Waals surface area contributed by atoms with Crippen molar-refractivity contribution in [3.8, 4) is 0 Å². The predicted molar refractivity (Wildman–Crippen MR) is 75.6 cm³/mol. The Balaban J connectivity index is 1.85. The number of thioether (sulfide) groups is 1. The van der Waals surface area contributed by atoms with Crippen molar-refractivity contribution in [1.82, 2.24) is 4.98 Å². The monoisotopic (exact) mass is 244 g/mol. The van der Waals surface area contributed by atoms with Crippen molar-refractivity contribution in [2.45, 2.75) is 13.0 Å². The van der Waals surface area contributed by atoms with Crippen LogP contribution in [-0.4, -0.2) is 22.5 Å². The Morgan fingerprint density at radius 3 is 3.06 bits per heavy atom. The second-order valence-electron chi connectivity index (χ2n) is 4.68. The van der Waals surface area contributed by atoms with Crippen molar-refractivity contribution < 1.29 is 0 Å². The third-order valence-corrected chi connectivity index (χ3v) is 4.68. The number of aromatic nitrogens is 1. The molecule has 1 fully saturated rings. The van der Waals surface area contributed by atoms with E-state index in [0.29, 0.717) is 6.04 Å². The molecule has 0 aliphatic carbocycles. The van der Waals surface area contributed by atoms with E-state index in [2.05, 4.69) is 41.5 Å². The fourth-order valence-corrected chi connectivity index (χ4v) is 3.63. The second-order valence-corrected chi connectivity index (χ2v) is 5.75. The Bertz CT molecular complexity index is 526. The van der Waals surface area contributed by atoms with Gasteiger partial charge in [0.2, 0.25) is 0 Å². The van der Waals surface area contributed by atoms with Crippen LogP contribution >= 0.6 is 11.8 Å². The smallest absolute Gasteiger partial charge is 0.0703 e. The molecule has 88 valence electrons. The molecule has 2 atom stereocenters. The SMILES string of the molecule is CC1CSCC1Nc1ccc2ncccc2c1. The van der Waals surface area contributed by atoms with E-state index in [4.69, 9.17) is 0 Å². The molecule has 0 saturated carbocycles. The molecule has 1 aliphatic rings. The molecule has 1 saturated heterocycles. The number of rotatable bonds is 2. The Labute approximate surface area is 106 Å². The van der Waals surface area contributed by atoms with Gasteiger partial charge in [-0.15, -0.1) is 0 Å². The molecule has 2 nitrogen and oxygen atoms in total. The number of fused-ring (bicyclic) bond motifs is 1. The number of benzene rings is 1. The average molecular weight is 244 g/mol. The summed E-state index contributed by atoms with van der Waals surface area (Å²) in [6, 6.07) is 11.1. The molecule has 0 amide bonds. The molecule has 3 rings (SSSR count). The molecule has 1 aromatic carbocycles. The van der Waals surface area contributed by atoms with Crippen LogP contribution in [0.2, 0.25) is 0 Å². The summed E-state index contributed by atoms with van der Waals surface area (Å²) in [5.74, 6) is 3.24. The number of nitrogens with one attached hydrogen (secondary N) is 1. The van der Waals surface area contributed by atoms with Gasteiger partial charge in [-0.2, -0.15) is 11.8 Å². The Kier molecular flexibility index (Phi) is 2.93. The zero-order valence-electron chi connectivity index (χ0n) is 9.89.